The van der Waals surface area contributed by atoms with Gasteiger partial charge in [-0.15, -0.1) is 0 Å². The van der Waals surface area contributed by atoms with Gasteiger partial charge in [-0.2, -0.15) is 0 Å². The van der Waals surface area contributed by atoms with Crippen LogP contribution in [0.1, 0.15) is 30.6 Å². The number of amides is 1. The van der Waals surface area contributed by atoms with Crippen molar-refractivity contribution >= 4 is 5.91 Å². The average Bonchev–Trinajstić information content (AvgIpc) is 2.33. The maximum Gasteiger partial charge on any atom is 0.255 e. The van der Waals surface area contributed by atoms with Gasteiger partial charge in [0.25, 0.3) is 5.91 Å². The quantitative estimate of drug-likeness (QED) is 0.723. The molecule has 5 nitrogen and oxygen atoms in total. The van der Waals surface area contributed by atoms with Gasteiger partial charge in [-0.25, -0.2) is 0 Å². The molecule has 0 aromatic carbocycles. The summed E-state index contributed by atoms with van der Waals surface area (Å²) in [5.41, 5.74) is 0.229. The van der Waals surface area contributed by atoms with Crippen molar-refractivity contribution in [1.29, 1.82) is 0 Å². The van der Waals surface area contributed by atoms with Gasteiger partial charge in [0.1, 0.15) is 5.75 Å². The summed E-state index contributed by atoms with van der Waals surface area (Å²) in [6.07, 6.45) is 3.72. The molecule has 1 aromatic heterocycles. The van der Waals surface area contributed by atoms with Gasteiger partial charge >= 0.3 is 0 Å². The summed E-state index contributed by atoms with van der Waals surface area (Å²) in [5, 5.41) is 12.1. The first-order valence-corrected chi connectivity index (χ1v) is 6.10. The van der Waals surface area contributed by atoms with Crippen molar-refractivity contribution < 1.29 is 14.6 Å². The lowest BCUT2D eigenvalue weighted by Crippen LogP contribution is -2.27. The van der Waals surface area contributed by atoms with Gasteiger partial charge < -0.3 is 15.2 Å². The van der Waals surface area contributed by atoms with Crippen molar-refractivity contribution in [3.63, 3.8) is 0 Å². The summed E-state index contributed by atoms with van der Waals surface area (Å²) in [7, 11) is 0. The summed E-state index contributed by atoms with van der Waals surface area (Å²) >= 11 is 0. The molecule has 0 fully saturated rings. The molecule has 0 radical (unpaired) electrons. The molecule has 0 aliphatic carbocycles. The smallest absolute Gasteiger partial charge is 0.255 e. The highest BCUT2D eigenvalue weighted by Crippen LogP contribution is 2.12. The summed E-state index contributed by atoms with van der Waals surface area (Å²) in [4.78, 5) is 15.4. The fourth-order valence-corrected chi connectivity index (χ4v) is 1.33. The second-order valence-corrected chi connectivity index (χ2v) is 4.44. The summed E-state index contributed by atoms with van der Waals surface area (Å²) < 4.78 is 5.37. The van der Waals surface area contributed by atoms with E-state index in [1.165, 1.54) is 18.5 Å². The van der Waals surface area contributed by atoms with E-state index in [0.717, 1.165) is 6.42 Å². The highest BCUT2D eigenvalue weighted by atomic mass is 16.5. The number of hydrogen-bond donors (Lipinski definition) is 2. The van der Waals surface area contributed by atoms with Crippen LogP contribution in [0.4, 0.5) is 0 Å². The molecule has 0 saturated carbocycles. The van der Waals surface area contributed by atoms with E-state index in [1.54, 1.807) is 0 Å². The molecule has 0 atom stereocenters. The summed E-state index contributed by atoms with van der Waals surface area (Å²) in [6.45, 7) is 5.88. The van der Waals surface area contributed by atoms with Crippen LogP contribution in [0.15, 0.2) is 18.5 Å². The van der Waals surface area contributed by atoms with Gasteiger partial charge in [-0.3, -0.25) is 9.78 Å². The minimum atomic E-state index is -0.317. The standard InChI is InChI=1S/C13H20N2O3/c1-10(2)4-7-18-8-6-15-13(17)11-3-5-14-9-12(11)16/h3,5,9-10,16H,4,6-8H2,1-2H3,(H,15,17). The van der Waals surface area contributed by atoms with Crippen molar-refractivity contribution in [2.45, 2.75) is 20.3 Å². The van der Waals surface area contributed by atoms with E-state index in [-0.39, 0.29) is 17.2 Å². The molecule has 0 aliphatic rings. The number of hydrogen-bond acceptors (Lipinski definition) is 4. The summed E-state index contributed by atoms with van der Waals surface area (Å²) in [6, 6.07) is 1.48. The monoisotopic (exact) mass is 252 g/mol. The lowest BCUT2D eigenvalue weighted by molar-refractivity contribution is 0.0903. The van der Waals surface area contributed by atoms with Crippen LogP contribution < -0.4 is 5.32 Å². The zero-order chi connectivity index (χ0) is 13.4. The predicted molar refractivity (Wildman–Crippen MR) is 68.5 cm³/mol. The normalized spacial score (nSPS) is 10.6. The minimum Gasteiger partial charge on any atom is -0.505 e. The van der Waals surface area contributed by atoms with Crippen LogP contribution in [0.3, 0.4) is 0 Å². The molecular formula is C13H20N2O3. The Balaban J connectivity index is 2.20. The van der Waals surface area contributed by atoms with Crippen LogP contribution in [-0.4, -0.2) is 35.8 Å². The highest BCUT2D eigenvalue weighted by molar-refractivity contribution is 5.96. The van der Waals surface area contributed by atoms with Gasteiger partial charge in [0.2, 0.25) is 0 Å². The van der Waals surface area contributed by atoms with Gasteiger partial charge in [0.15, 0.2) is 0 Å². The number of aromatic hydroxyl groups is 1. The van der Waals surface area contributed by atoms with Crippen LogP contribution in [0.25, 0.3) is 0 Å². The van der Waals surface area contributed by atoms with Crippen LogP contribution in [-0.2, 0) is 4.74 Å². The first-order valence-electron chi connectivity index (χ1n) is 6.10. The maximum absolute atomic E-state index is 11.7. The number of carbonyl (C=O) groups excluding carboxylic acids is 1. The Morgan fingerprint density at radius 1 is 1.50 bits per heavy atom. The topological polar surface area (TPSA) is 71.5 Å². The van der Waals surface area contributed by atoms with E-state index in [4.69, 9.17) is 4.74 Å². The first kappa shape index (κ1) is 14.4. The molecule has 0 saturated heterocycles. The lowest BCUT2D eigenvalue weighted by Gasteiger charge is -2.08. The zero-order valence-electron chi connectivity index (χ0n) is 10.8. The number of nitrogens with one attached hydrogen (secondary N) is 1. The van der Waals surface area contributed by atoms with E-state index in [1.807, 2.05) is 0 Å². The molecule has 2 N–H and O–H groups in total. The Labute approximate surface area is 107 Å². The highest BCUT2D eigenvalue weighted by Gasteiger charge is 2.09. The maximum atomic E-state index is 11.7. The van der Waals surface area contributed by atoms with Gasteiger partial charge in [-0.05, 0) is 18.4 Å². The first-order chi connectivity index (χ1) is 8.61. The van der Waals surface area contributed by atoms with Crippen LogP contribution in [0.2, 0.25) is 0 Å². The van der Waals surface area contributed by atoms with Crippen molar-refractivity contribution in [1.82, 2.24) is 10.3 Å². The number of rotatable bonds is 7. The van der Waals surface area contributed by atoms with Crippen LogP contribution >= 0.6 is 0 Å². The minimum absolute atomic E-state index is 0.115. The molecule has 5 heteroatoms. The lowest BCUT2D eigenvalue weighted by atomic mass is 10.1. The Morgan fingerprint density at radius 3 is 2.94 bits per heavy atom. The second-order valence-electron chi connectivity index (χ2n) is 4.44. The molecule has 0 spiro atoms. The van der Waals surface area contributed by atoms with Crippen LogP contribution in [0.5, 0.6) is 5.75 Å². The Kier molecular flexibility index (Phi) is 6.14. The van der Waals surface area contributed by atoms with E-state index in [9.17, 15) is 9.90 Å². The third-order valence-electron chi connectivity index (χ3n) is 2.42. The van der Waals surface area contributed by atoms with Crippen molar-refractivity contribution in [2.24, 2.45) is 5.92 Å². The Morgan fingerprint density at radius 2 is 2.28 bits per heavy atom. The Hall–Kier alpha value is -1.62. The van der Waals surface area contributed by atoms with Crippen molar-refractivity contribution in [3.05, 3.63) is 24.0 Å². The molecule has 1 heterocycles. The molecule has 1 rings (SSSR count). The molecule has 1 amide bonds. The average molecular weight is 252 g/mol. The number of aromatic nitrogens is 1. The van der Waals surface area contributed by atoms with Gasteiger partial charge in [-0.1, -0.05) is 13.8 Å². The fraction of sp³-hybridized carbons (Fsp3) is 0.538. The van der Waals surface area contributed by atoms with Gasteiger partial charge in [0.05, 0.1) is 18.4 Å². The molecule has 18 heavy (non-hydrogen) atoms. The van der Waals surface area contributed by atoms with E-state index < -0.39 is 0 Å². The molecule has 1 aromatic rings. The zero-order valence-corrected chi connectivity index (χ0v) is 10.8. The van der Waals surface area contributed by atoms with E-state index >= 15 is 0 Å². The molecule has 0 unspecified atom stereocenters. The van der Waals surface area contributed by atoms with Gasteiger partial charge in [0, 0.05) is 19.3 Å². The molecular weight excluding hydrogens is 232 g/mol. The Bertz CT molecular complexity index is 380. The molecule has 100 valence electrons. The predicted octanol–water partition coefficient (Wildman–Crippen LogP) is 1.58. The number of pyridine rings is 1. The SMILES string of the molecule is CC(C)CCOCCNC(=O)c1ccncc1O. The number of nitrogens with zero attached hydrogens (tertiary/aromatic N) is 1. The number of carbonyl (C=O) groups is 1. The van der Waals surface area contributed by atoms with Crippen LogP contribution in [0, 0.1) is 5.92 Å². The summed E-state index contributed by atoms with van der Waals surface area (Å²) in [5.74, 6) is 0.187. The third kappa shape index (κ3) is 5.14. The van der Waals surface area contributed by atoms with E-state index in [0.29, 0.717) is 25.7 Å². The molecule has 0 bridgehead atoms. The number of ether oxygens (including phenoxy) is 1. The van der Waals surface area contributed by atoms with Crippen molar-refractivity contribution in [3.8, 4) is 5.75 Å². The van der Waals surface area contributed by atoms with E-state index in [2.05, 4.69) is 24.1 Å². The van der Waals surface area contributed by atoms with Crippen molar-refractivity contribution in [2.75, 3.05) is 19.8 Å². The fourth-order valence-electron chi connectivity index (χ4n) is 1.33. The largest absolute Gasteiger partial charge is 0.505 e. The second kappa shape index (κ2) is 7.66. The third-order valence-corrected chi connectivity index (χ3v) is 2.42. The molecule has 0 aliphatic heterocycles.